The highest BCUT2D eigenvalue weighted by Gasteiger charge is 2.38. The molecule has 118 valence electrons. The number of allylic oxidation sites excluding steroid dienone is 1. The van der Waals surface area contributed by atoms with Gasteiger partial charge in [0.2, 0.25) is 0 Å². The average Bonchev–Trinajstić information content (AvgIpc) is 2.95. The van der Waals surface area contributed by atoms with Crippen molar-refractivity contribution in [2.75, 3.05) is 10.6 Å². The number of nitrogens with one attached hydrogen (secondary N) is 2. The number of fused-ring (bicyclic) bond motifs is 1. The van der Waals surface area contributed by atoms with E-state index in [1.54, 1.807) is 11.3 Å². The Morgan fingerprint density at radius 1 is 1.13 bits per heavy atom. The van der Waals surface area contributed by atoms with Gasteiger partial charge in [-0.05, 0) is 46.4 Å². The highest BCUT2D eigenvalue weighted by molar-refractivity contribution is 7.08. The van der Waals surface area contributed by atoms with Crippen molar-refractivity contribution in [3.05, 3.63) is 57.9 Å². The van der Waals surface area contributed by atoms with Crippen molar-refractivity contribution >= 4 is 28.5 Å². The number of anilines is 2. The van der Waals surface area contributed by atoms with Crippen molar-refractivity contribution in [1.29, 1.82) is 0 Å². The van der Waals surface area contributed by atoms with Crippen molar-refractivity contribution < 1.29 is 4.79 Å². The zero-order valence-corrected chi connectivity index (χ0v) is 14.2. The molecule has 0 saturated carbocycles. The van der Waals surface area contributed by atoms with Crippen molar-refractivity contribution in [2.45, 2.75) is 32.7 Å². The predicted molar refractivity (Wildman–Crippen MR) is 95.8 cm³/mol. The molecule has 4 rings (SSSR count). The van der Waals surface area contributed by atoms with Gasteiger partial charge in [0.25, 0.3) is 0 Å². The minimum Gasteiger partial charge on any atom is -0.372 e. The summed E-state index contributed by atoms with van der Waals surface area (Å²) in [6.45, 7) is 4.33. The summed E-state index contributed by atoms with van der Waals surface area (Å²) in [6.07, 6.45) is 1.50. The lowest BCUT2D eigenvalue weighted by Crippen LogP contribution is -2.31. The molecule has 2 aromatic rings. The van der Waals surface area contributed by atoms with Gasteiger partial charge in [-0.2, -0.15) is 11.3 Å². The molecule has 1 aliphatic carbocycles. The number of hydrogen-bond donors (Lipinski definition) is 2. The maximum Gasteiger partial charge on any atom is 0.163 e. The van der Waals surface area contributed by atoms with Gasteiger partial charge in [0, 0.05) is 17.7 Å². The van der Waals surface area contributed by atoms with E-state index in [-0.39, 0.29) is 17.2 Å². The van der Waals surface area contributed by atoms with E-state index < -0.39 is 0 Å². The molecular formula is C19H20N2OS. The third-order valence-corrected chi connectivity index (χ3v) is 5.30. The Kier molecular flexibility index (Phi) is 3.31. The summed E-state index contributed by atoms with van der Waals surface area (Å²) in [5.41, 5.74) is 5.22. The monoisotopic (exact) mass is 324 g/mol. The van der Waals surface area contributed by atoms with Crippen LogP contribution in [0.25, 0.3) is 0 Å². The van der Waals surface area contributed by atoms with Crippen LogP contribution in [0.3, 0.4) is 0 Å². The number of rotatable bonds is 1. The fourth-order valence-electron chi connectivity index (χ4n) is 3.58. The Labute approximate surface area is 140 Å². The summed E-state index contributed by atoms with van der Waals surface area (Å²) in [4.78, 5) is 12.9. The SMILES string of the molecule is CC1(C)CC(=O)C2=C(C1)Nc1ccccc1N[C@@H]2c1ccsc1. The van der Waals surface area contributed by atoms with Crippen LogP contribution in [0, 0.1) is 5.41 Å². The summed E-state index contributed by atoms with van der Waals surface area (Å²) in [5, 5.41) is 11.3. The van der Waals surface area contributed by atoms with Crippen LogP contribution in [0.2, 0.25) is 0 Å². The number of carbonyl (C=O) groups excluding carboxylic acids is 1. The van der Waals surface area contributed by atoms with Crippen molar-refractivity contribution in [3.8, 4) is 0 Å². The van der Waals surface area contributed by atoms with Crippen LogP contribution in [-0.4, -0.2) is 5.78 Å². The topological polar surface area (TPSA) is 41.1 Å². The van der Waals surface area contributed by atoms with Gasteiger partial charge in [0.05, 0.1) is 17.4 Å². The molecule has 0 fully saturated rings. The Morgan fingerprint density at radius 3 is 2.65 bits per heavy atom. The Morgan fingerprint density at radius 2 is 1.91 bits per heavy atom. The molecule has 2 aliphatic rings. The molecule has 0 bridgehead atoms. The van der Waals surface area contributed by atoms with Crippen LogP contribution in [0.1, 0.15) is 38.3 Å². The first-order valence-electron chi connectivity index (χ1n) is 7.94. The molecule has 0 saturated heterocycles. The summed E-state index contributed by atoms with van der Waals surface area (Å²) < 4.78 is 0. The first-order chi connectivity index (χ1) is 11.0. The van der Waals surface area contributed by atoms with Gasteiger partial charge in [-0.15, -0.1) is 0 Å². The van der Waals surface area contributed by atoms with Gasteiger partial charge in [-0.1, -0.05) is 26.0 Å². The third kappa shape index (κ3) is 2.57. The lowest BCUT2D eigenvalue weighted by Gasteiger charge is -2.33. The van der Waals surface area contributed by atoms with E-state index in [0.717, 1.165) is 34.6 Å². The summed E-state index contributed by atoms with van der Waals surface area (Å²) in [6, 6.07) is 10.2. The van der Waals surface area contributed by atoms with E-state index in [4.69, 9.17) is 0 Å². The lowest BCUT2D eigenvalue weighted by molar-refractivity contribution is -0.118. The Hall–Kier alpha value is -2.07. The van der Waals surface area contributed by atoms with E-state index in [1.165, 1.54) is 0 Å². The smallest absolute Gasteiger partial charge is 0.163 e. The lowest BCUT2D eigenvalue weighted by atomic mass is 9.73. The largest absolute Gasteiger partial charge is 0.372 e. The molecule has 0 amide bonds. The molecule has 1 aliphatic heterocycles. The molecule has 1 aromatic carbocycles. The zero-order valence-electron chi connectivity index (χ0n) is 13.3. The summed E-state index contributed by atoms with van der Waals surface area (Å²) in [7, 11) is 0. The fourth-order valence-corrected chi connectivity index (χ4v) is 4.26. The number of ketones is 1. The number of hydrogen-bond acceptors (Lipinski definition) is 4. The minimum atomic E-state index is -0.0731. The number of benzene rings is 1. The average molecular weight is 324 g/mol. The number of para-hydroxylation sites is 2. The van der Waals surface area contributed by atoms with Crippen molar-refractivity contribution in [1.82, 2.24) is 0 Å². The van der Waals surface area contributed by atoms with Gasteiger partial charge in [-0.25, -0.2) is 0 Å². The second-order valence-corrected chi connectivity index (χ2v) is 7.92. The van der Waals surface area contributed by atoms with Gasteiger partial charge in [-0.3, -0.25) is 4.79 Å². The molecule has 3 nitrogen and oxygen atoms in total. The molecule has 2 N–H and O–H groups in total. The minimum absolute atomic E-state index is 0.00139. The van der Waals surface area contributed by atoms with E-state index in [2.05, 4.69) is 53.4 Å². The molecule has 1 aromatic heterocycles. The first kappa shape index (κ1) is 14.5. The van der Waals surface area contributed by atoms with Crippen molar-refractivity contribution in [2.24, 2.45) is 5.41 Å². The van der Waals surface area contributed by atoms with E-state index in [1.807, 2.05) is 12.1 Å². The highest BCUT2D eigenvalue weighted by Crippen LogP contribution is 2.45. The second kappa shape index (κ2) is 5.24. The first-order valence-corrected chi connectivity index (χ1v) is 8.89. The van der Waals surface area contributed by atoms with Crippen LogP contribution in [0.15, 0.2) is 52.4 Å². The Bertz CT molecular complexity index is 789. The molecule has 0 radical (unpaired) electrons. The molecule has 1 atom stereocenters. The third-order valence-electron chi connectivity index (χ3n) is 4.60. The second-order valence-electron chi connectivity index (χ2n) is 7.14. The summed E-state index contributed by atoms with van der Waals surface area (Å²) >= 11 is 1.67. The highest BCUT2D eigenvalue weighted by atomic mass is 32.1. The maximum absolute atomic E-state index is 12.9. The zero-order chi connectivity index (χ0) is 16.0. The van der Waals surface area contributed by atoms with Crippen LogP contribution in [-0.2, 0) is 4.79 Å². The van der Waals surface area contributed by atoms with Crippen LogP contribution in [0.4, 0.5) is 11.4 Å². The number of thiophene rings is 1. The molecule has 4 heteroatoms. The molecule has 23 heavy (non-hydrogen) atoms. The molecule has 0 unspecified atom stereocenters. The Balaban J connectivity index is 1.88. The fraction of sp³-hybridized carbons (Fsp3) is 0.316. The van der Waals surface area contributed by atoms with Gasteiger partial charge >= 0.3 is 0 Å². The van der Waals surface area contributed by atoms with E-state index in [9.17, 15) is 4.79 Å². The van der Waals surface area contributed by atoms with Gasteiger partial charge < -0.3 is 10.6 Å². The quantitative estimate of drug-likeness (QED) is 0.778. The predicted octanol–water partition coefficient (Wildman–Crippen LogP) is 4.97. The molecule has 2 heterocycles. The van der Waals surface area contributed by atoms with E-state index >= 15 is 0 Å². The number of carbonyl (C=O) groups is 1. The molecule has 0 spiro atoms. The van der Waals surface area contributed by atoms with Crippen LogP contribution in [0.5, 0.6) is 0 Å². The van der Waals surface area contributed by atoms with E-state index in [0.29, 0.717) is 6.42 Å². The standard InChI is InChI=1S/C19H20N2OS/c1-19(2)9-15-17(16(22)10-19)18(12-7-8-23-11-12)21-14-6-4-3-5-13(14)20-15/h3-8,11,18,20-21H,9-10H2,1-2H3/t18-/m1/s1. The summed E-state index contributed by atoms with van der Waals surface area (Å²) in [5.74, 6) is 0.250. The van der Waals surface area contributed by atoms with Gasteiger partial charge in [0.15, 0.2) is 5.78 Å². The van der Waals surface area contributed by atoms with Crippen molar-refractivity contribution in [3.63, 3.8) is 0 Å². The van der Waals surface area contributed by atoms with Crippen LogP contribution < -0.4 is 10.6 Å². The molecular weight excluding hydrogens is 304 g/mol. The van der Waals surface area contributed by atoms with Crippen LogP contribution >= 0.6 is 11.3 Å². The normalized spacial score (nSPS) is 22.5. The van der Waals surface area contributed by atoms with Gasteiger partial charge in [0.1, 0.15) is 0 Å². The number of Topliss-reactive ketones (excluding diaryl/α,β-unsaturated/α-hetero) is 1. The maximum atomic E-state index is 12.9.